The first-order valence-electron chi connectivity index (χ1n) is 8.66. The Morgan fingerprint density at radius 3 is 2.37 bits per heavy atom. The Morgan fingerprint density at radius 2 is 1.74 bits per heavy atom. The van der Waals surface area contributed by atoms with Crippen molar-refractivity contribution in [3.05, 3.63) is 0 Å². The minimum Gasteiger partial charge on any atom is -0.316 e. The van der Waals surface area contributed by atoms with Crippen molar-refractivity contribution in [3.8, 4) is 0 Å². The van der Waals surface area contributed by atoms with Gasteiger partial charge in [-0.15, -0.1) is 0 Å². The maximum atomic E-state index is 3.70. The summed E-state index contributed by atoms with van der Waals surface area (Å²) >= 11 is 0. The third kappa shape index (κ3) is 2.71. The van der Waals surface area contributed by atoms with Crippen LogP contribution in [0.5, 0.6) is 0 Å². The number of nitrogens with one attached hydrogen (secondary N) is 1. The second-order valence-corrected chi connectivity index (χ2v) is 7.60. The highest BCUT2D eigenvalue weighted by Gasteiger charge is 2.46. The lowest BCUT2D eigenvalue weighted by Crippen LogP contribution is -2.53. The first-order valence-corrected chi connectivity index (χ1v) is 8.66. The van der Waals surface area contributed by atoms with Crippen molar-refractivity contribution in [2.45, 2.75) is 64.8 Å². The Hall–Kier alpha value is -0.0800. The van der Waals surface area contributed by atoms with Crippen LogP contribution in [-0.2, 0) is 0 Å². The molecule has 1 saturated carbocycles. The summed E-state index contributed by atoms with van der Waals surface area (Å²) in [6.45, 7) is 9.99. The third-order valence-corrected chi connectivity index (χ3v) is 6.44. The molecule has 2 heterocycles. The quantitative estimate of drug-likeness (QED) is 0.823. The van der Waals surface area contributed by atoms with Gasteiger partial charge in [0.1, 0.15) is 0 Å². The van der Waals surface area contributed by atoms with Gasteiger partial charge in [0.15, 0.2) is 0 Å². The van der Waals surface area contributed by atoms with Crippen molar-refractivity contribution in [3.63, 3.8) is 0 Å². The molecule has 1 N–H and O–H groups in total. The molecule has 0 aromatic heterocycles. The van der Waals surface area contributed by atoms with Crippen molar-refractivity contribution in [2.75, 3.05) is 26.2 Å². The van der Waals surface area contributed by atoms with Gasteiger partial charge in [0.05, 0.1) is 0 Å². The highest BCUT2D eigenvalue weighted by atomic mass is 15.2. The standard InChI is InChI=1S/C17H32N2/c1-14(2)19-11-8-17(9-12-19)7-10-18-13-16(17)15-5-3-4-6-15/h14-16,18H,3-13H2,1-2H3. The molecule has 1 spiro atoms. The Bertz CT molecular complexity index is 286. The predicted molar refractivity (Wildman–Crippen MR) is 81.3 cm³/mol. The molecule has 3 fully saturated rings. The van der Waals surface area contributed by atoms with Gasteiger partial charge in [0, 0.05) is 6.04 Å². The zero-order chi connectivity index (χ0) is 13.3. The van der Waals surface area contributed by atoms with Crippen LogP contribution in [0.2, 0.25) is 0 Å². The molecule has 1 atom stereocenters. The molecule has 1 aliphatic carbocycles. The molecule has 3 aliphatic rings. The van der Waals surface area contributed by atoms with E-state index in [1.807, 2.05) is 0 Å². The molecular weight excluding hydrogens is 232 g/mol. The van der Waals surface area contributed by atoms with Crippen molar-refractivity contribution in [1.29, 1.82) is 0 Å². The molecule has 0 radical (unpaired) electrons. The Labute approximate surface area is 119 Å². The molecule has 2 nitrogen and oxygen atoms in total. The number of rotatable bonds is 2. The Kier molecular flexibility index (Phi) is 4.19. The maximum absolute atomic E-state index is 3.70. The molecule has 0 aromatic carbocycles. The second-order valence-electron chi connectivity index (χ2n) is 7.60. The van der Waals surface area contributed by atoms with Gasteiger partial charge in [-0.3, -0.25) is 0 Å². The van der Waals surface area contributed by atoms with Crippen LogP contribution in [-0.4, -0.2) is 37.1 Å². The van der Waals surface area contributed by atoms with Crippen LogP contribution in [0.4, 0.5) is 0 Å². The number of likely N-dealkylation sites (tertiary alicyclic amines) is 1. The van der Waals surface area contributed by atoms with Gasteiger partial charge in [-0.2, -0.15) is 0 Å². The lowest BCUT2D eigenvalue weighted by atomic mass is 9.60. The van der Waals surface area contributed by atoms with E-state index in [-0.39, 0.29) is 0 Å². The molecule has 0 aromatic rings. The van der Waals surface area contributed by atoms with E-state index in [0.29, 0.717) is 5.41 Å². The van der Waals surface area contributed by atoms with Crippen LogP contribution in [0.15, 0.2) is 0 Å². The normalized spacial score (nSPS) is 33.3. The average Bonchev–Trinajstić information content (AvgIpc) is 2.93. The first-order chi connectivity index (χ1) is 9.21. The summed E-state index contributed by atoms with van der Waals surface area (Å²) in [5.41, 5.74) is 0.700. The fraction of sp³-hybridized carbons (Fsp3) is 1.00. The summed E-state index contributed by atoms with van der Waals surface area (Å²) in [5, 5.41) is 3.70. The number of hydrogen-bond acceptors (Lipinski definition) is 2. The molecule has 0 bridgehead atoms. The van der Waals surface area contributed by atoms with Crippen molar-refractivity contribution in [2.24, 2.45) is 17.3 Å². The summed E-state index contributed by atoms with van der Waals surface area (Å²) in [7, 11) is 0. The van der Waals surface area contributed by atoms with E-state index in [1.54, 1.807) is 0 Å². The van der Waals surface area contributed by atoms with Gasteiger partial charge < -0.3 is 10.2 Å². The van der Waals surface area contributed by atoms with E-state index in [4.69, 9.17) is 0 Å². The predicted octanol–water partition coefficient (Wildman–Crippen LogP) is 3.28. The topological polar surface area (TPSA) is 15.3 Å². The number of hydrogen-bond donors (Lipinski definition) is 1. The van der Waals surface area contributed by atoms with Crippen LogP contribution in [0.25, 0.3) is 0 Å². The molecule has 3 rings (SSSR count). The van der Waals surface area contributed by atoms with E-state index >= 15 is 0 Å². The van der Waals surface area contributed by atoms with Gasteiger partial charge in [-0.1, -0.05) is 25.7 Å². The molecule has 0 amide bonds. The van der Waals surface area contributed by atoms with Crippen LogP contribution >= 0.6 is 0 Å². The Morgan fingerprint density at radius 1 is 1.05 bits per heavy atom. The lowest BCUT2D eigenvalue weighted by Gasteiger charge is -2.52. The van der Waals surface area contributed by atoms with Gasteiger partial charge in [-0.05, 0) is 76.5 Å². The third-order valence-electron chi connectivity index (χ3n) is 6.44. The van der Waals surface area contributed by atoms with E-state index in [9.17, 15) is 0 Å². The molecule has 2 aliphatic heterocycles. The summed E-state index contributed by atoms with van der Waals surface area (Å²) in [6, 6.07) is 0.740. The maximum Gasteiger partial charge on any atom is 0.00385 e. The Balaban J connectivity index is 1.69. The highest BCUT2D eigenvalue weighted by molar-refractivity contribution is 4.98. The van der Waals surface area contributed by atoms with Crippen LogP contribution < -0.4 is 5.32 Å². The van der Waals surface area contributed by atoms with Crippen LogP contribution in [0.1, 0.15) is 58.8 Å². The van der Waals surface area contributed by atoms with Crippen LogP contribution in [0, 0.1) is 17.3 Å². The summed E-state index contributed by atoms with van der Waals surface area (Å²) < 4.78 is 0. The minimum absolute atomic E-state index is 0.700. The molecule has 2 saturated heterocycles. The van der Waals surface area contributed by atoms with Crippen LogP contribution in [0.3, 0.4) is 0 Å². The molecule has 110 valence electrons. The SMILES string of the molecule is CC(C)N1CCC2(CCNCC2C2CCCC2)CC1. The molecule has 1 unspecified atom stereocenters. The molecule has 2 heteroatoms. The van der Waals surface area contributed by atoms with Crippen molar-refractivity contribution >= 4 is 0 Å². The van der Waals surface area contributed by atoms with Crippen molar-refractivity contribution in [1.82, 2.24) is 10.2 Å². The summed E-state index contributed by atoms with van der Waals surface area (Å²) in [5.74, 6) is 2.02. The van der Waals surface area contributed by atoms with E-state index in [0.717, 1.165) is 17.9 Å². The van der Waals surface area contributed by atoms with Gasteiger partial charge in [0.25, 0.3) is 0 Å². The second kappa shape index (κ2) is 5.73. The summed E-state index contributed by atoms with van der Waals surface area (Å²) in [6.07, 6.45) is 10.4. The van der Waals surface area contributed by atoms with E-state index in [1.165, 1.54) is 71.1 Å². The number of nitrogens with zero attached hydrogens (tertiary/aromatic N) is 1. The van der Waals surface area contributed by atoms with Gasteiger partial charge >= 0.3 is 0 Å². The first kappa shape index (κ1) is 13.9. The number of piperidine rings is 2. The minimum atomic E-state index is 0.700. The van der Waals surface area contributed by atoms with Gasteiger partial charge in [0.2, 0.25) is 0 Å². The zero-order valence-electron chi connectivity index (χ0n) is 13.0. The lowest BCUT2D eigenvalue weighted by molar-refractivity contribution is -0.0121. The summed E-state index contributed by atoms with van der Waals surface area (Å²) in [4.78, 5) is 2.69. The largest absolute Gasteiger partial charge is 0.316 e. The fourth-order valence-electron chi connectivity index (χ4n) is 5.13. The molecule has 19 heavy (non-hydrogen) atoms. The van der Waals surface area contributed by atoms with Gasteiger partial charge in [-0.25, -0.2) is 0 Å². The molecular formula is C17H32N2. The smallest absolute Gasteiger partial charge is 0.00385 e. The van der Waals surface area contributed by atoms with E-state index < -0.39 is 0 Å². The van der Waals surface area contributed by atoms with E-state index in [2.05, 4.69) is 24.1 Å². The average molecular weight is 264 g/mol. The van der Waals surface area contributed by atoms with Crippen molar-refractivity contribution < 1.29 is 0 Å². The fourth-order valence-corrected chi connectivity index (χ4v) is 5.13. The monoisotopic (exact) mass is 264 g/mol. The zero-order valence-corrected chi connectivity index (χ0v) is 13.0. The highest BCUT2D eigenvalue weighted by Crippen LogP contribution is 2.50.